The Morgan fingerprint density at radius 3 is 2.50 bits per heavy atom. The molecule has 0 atom stereocenters. The van der Waals surface area contributed by atoms with Crippen molar-refractivity contribution >= 4 is 29.3 Å². The number of carbonyl (C=O) groups is 2. The van der Waals surface area contributed by atoms with E-state index in [4.69, 9.17) is 21.9 Å². The third-order valence-electron chi connectivity index (χ3n) is 3.24. The number of benzene rings is 1. The van der Waals surface area contributed by atoms with Gasteiger partial charge in [0.05, 0.1) is 10.6 Å². The van der Waals surface area contributed by atoms with Crippen LogP contribution in [0.2, 0.25) is 5.02 Å². The molecule has 2 aromatic heterocycles. The summed E-state index contributed by atoms with van der Waals surface area (Å²) >= 11 is 5.98. The summed E-state index contributed by atoms with van der Waals surface area (Å²) < 4.78 is 5.10. The summed E-state index contributed by atoms with van der Waals surface area (Å²) in [5.74, 6) is -1.46. The van der Waals surface area contributed by atoms with E-state index in [0.29, 0.717) is 5.56 Å². The van der Waals surface area contributed by atoms with E-state index in [2.05, 4.69) is 15.5 Å². The lowest BCUT2D eigenvalue weighted by Crippen LogP contribution is -2.17. The largest absolute Gasteiger partial charge is 0.365 e. The molecule has 24 heavy (non-hydrogen) atoms. The highest BCUT2D eigenvalue weighted by Gasteiger charge is 2.24. The highest BCUT2D eigenvalue weighted by molar-refractivity contribution is 6.34. The lowest BCUT2D eigenvalue weighted by Gasteiger charge is -2.05. The second-order valence-electron chi connectivity index (χ2n) is 4.77. The zero-order valence-corrected chi connectivity index (χ0v) is 12.9. The Hall–Kier alpha value is -3.19. The van der Waals surface area contributed by atoms with E-state index < -0.39 is 11.8 Å². The fourth-order valence-corrected chi connectivity index (χ4v) is 2.35. The first-order chi connectivity index (χ1) is 11.6. The Bertz CT molecular complexity index is 909. The molecule has 0 aliphatic rings. The van der Waals surface area contributed by atoms with Gasteiger partial charge in [-0.05, 0) is 24.3 Å². The Morgan fingerprint density at radius 2 is 1.83 bits per heavy atom. The molecule has 2 amide bonds. The molecule has 0 unspecified atom stereocenters. The maximum absolute atomic E-state index is 12.3. The number of carbonyl (C=O) groups excluding carboxylic acids is 2. The fourth-order valence-electron chi connectivity index (χ4n) is 2.13. The van der Waals surface area contributed by atoms with Crippen LogP contribution >= 0.6 is 11.6 Å². The number of aromatic nitrogens is 2. The molecule has 1 aromatic carbocycles. The van der Waals surface area contributed by atoms with Crippen molar-refractivity contribution in [1.29, 1.82) is 0 Å². The van der Waals surface area contributed by atoms with Crippen LogP contribution in [0.5, 0.6) is 0 Å². The minimum Gasteiger partial charge on any atom is -0.365 e. The Labute approximate surface area is 141 Å². The number of hydrogen-bond acceptors (Lipinski definition) is 5. The van der Waals surface area contributed by atoms with Crippen molar-refractivity contribution in [2.75, 3.05) is 5.32 Å². The van der Waals surface area contributed by atoms with E-state index in [1.165, 1.54) is 12.4 Å². The van der Waals surface area contributed by atoms with Gasteiger partial charge in [0.15, 0.2) is 0 Å². The number of nitrogens with one attached hydrogen (secondary N) is 1. The molecular weight excluding hydrogens is 332 g/mol. The molecule has 0 aliphatic carbocycles. The quantitative estimate of drug-likeness (QED) is 0.757. The van der Waals surface area contributed by atoms with Crippen molar-refractivity contribution in [1.82, 2.24) is 10.1 Å². The zero-order chi connectivity index (χ0) is 17.1. The average molecular weight is 343 g/mol. The SMILES string of the molecule is NC(=O)c1c(-c2ccncc2)noc1NC(=O)c1ccccc1Cl. The summed E-state index contributed by atoms with van der Waals surface area (Å²) in [5, 5.41) is 6.56. The molecule has 8 heteroatoms. The van der Waals surface area contributed by atoms with Gasteiger partial charge in [0.25, 0.3) is 11.8 Å². The number of hydrogen-bond donors (Lipinski definition) is 2. The summed E-state index contributed by atoms with van der Waals surface area (Å²) in [7, 11) is 0. The first-order valence-corrected chi connectivity index (χ1v) is 7.21. The van der Waals surface area contributed by atoms with Crippen LogP contribution in [0.25, 0.3) is 11.3 Å². The predicted octanol–water partition coefficient (Wildman–Crippen LogP) is 2.74. The summed E-state index contributed by atoms with van der Waals surface area (Å²) in [6.45, 7) is 0. The Kier molecular flexibility index (Phi) is 4.26. The predicted molar refractivity (Wildman–Crippen MR) is 87.7 cm³/mol. The lowest BCUT2D eigenvalue weighted by atomic mass is 10.1. The lowest BCUT2D eigenvalue weighted by molar-refractivity contribution is 0.100. The van der Waals surface area contributed by atoms with Crippen molar-refractivity contribution in [2.45, 2.75) is 0 Å². The molecule has 0 spiro atoms. The molecule has 2 heterocycles. The topological polar surface area (TPSA) is 111 Å². The van der Waals surface area contributed by atoms with Crippen LogP contribution < -0.4 is 11.1 Å². The van der Waals surface area contributed by atoms with Crippen LogP contribution in [-0.4, -0.2) is 22.0 Å². The van der Waals surface area contributed by atoms with Gasteiger partial charge in [0, 0.05) is 18.0 Å². The van der Waals surface area contributed by atoms with Crippen LogP contribution in [-0.2, 0) is 0 Å². The van der Waals surface area contributed by atoms with Gasteiger partial charge in [0.2, 0.25) is 5.88 Å². The van der Waals surface area contributed by atoms with Crippen LogP contribution in [0.3, 0.4) is 0 Å². The number of pyridine rings is 1. The third-order valence-corrected chi connectivity index (χ3v) is 3.57. The van der Waals surface area contributed by atoms with Gasteiger partial charge in [-0.2, -0.15) is 0 Å². The molecule has 0 saturated carbocycles. The van der Waals surface area contributed by atoms with Crippen LogP contribution in [0.4, 0.5) is 5.88 Å². The fraction of sp³-hybridized carbons (Fsp3) is 0. The number of halogens is 1. The summed E-state index contributed by atoms with van der Waals surface area (Å²) in [6, 6.07) is 9.77. The van der Waals surface area contributed by atoms with Gasteiger partial charge in [0.1, 0.15) is 11.3 Å². The third kappa shape index (κ3) is 2.97. The van der Waals surface area contributed by atoms with Crippen molar-refractivity contribution < 1.29 is 14.1 Å². The zero-order valence-electron chi connectivity index (χ0n) is 12.2. The van der Waals surface area contributed by atoms with Gasteiger partial charge in [-0.15, -0.1) is 0 Å². The summed E-state index contributed by atoms with van der Waals surface area (Å²) in [6.07, 6.45) is 3.08. The molecule has 0 radical (unpaired) electrons. The second-order valence-corrected chi connectivity index (χ2v) is 5.18. The van der Waals surface area contributed by atoms with Gasteiger partial charge in [-0.25, -0.2) is 0 Å². The number of primary amides is 1. The first kappa shape index (κ1) is 15.7. The minimum absolute atomic E-state index is 0.0263. The molecule has 7 nitrogen and oxygen atoms in total. The van der Waals surface area contributed by atoms with Gasteiger partial charge >= 0.3 is 0 Å². The molecule has 120 valence electrons. The molecule has 0 fully saturated rings. The number of nitrogens with zero attached hydrogens (tertiary/aromatic N) is 2. The Balaban J connectivity index is 1.98. The van der Waals surface area contributed by atoms with Crippen molar-refractivity contribution in [3.63, 3.8) is 0 Å². The molecule has 3 N–H and O–H groups in total. The van der Waals surface area contributed by atoms with E-state index in [0.717, 1.165) is 0 Å². The van der Waals surface area contributed by atoms with Crippen LogP contribution in [0.15, 0.2) is 53.3 Å². The van der Waals surface area contributed by atoms with Crippen LogP contribution in [0.1, 0.15) is 20.7 Å². The van der Waals surface area contributed by atoms with Gasteiger partial charge < -0.3 is 10.3 Å². The molecule has 0 bridgehead atoms. The maximum Gasteiger partial charge on any atom is 0.259 e. The highest BCUT2D eigenvalue weighted by Crippen LogP contribution is 2.29. The number of amides is 2. The van der Waals surface area contributed by atoms with Crippen molar-refractivity contribution in [3.8, 4) is 11.3 Å². The molecule has 3 aromatic rings. The summed E-state index contributed by atoms with van der Waals surface area (Å²) in [4.78, 5) is 28.0. The van der Waals surface area contributed by atoms with E-state index >= 15 is 0 Å². The smallest absolute Gasteiger partial charge is 0.259 e. The Morgan fingerprint density at radius 1 is 1.12 bits per heavy atom. The molecular formula is C16H11ClN4O3. The standard InChI is InChI=1S/C16H11ClN4O3/c17-11-4-2-1-3-10(11)15(23)20-16-12(14(18)22)13(21-24-16)9-5-7-19-8-6-9/h1-8H,(H2,18,22)(H,20,23). The van der Waals surface area contributed by atoms with E-state index in [9.17, 15) is 9.59 Å². The normalized spacial score (nSPS) is 10.4. The maximum atomic E-state index is 12.3. The molecule has 0 saturated heterocycles. The van der Waals surface area contributed by atoms with E-state index in [-0.39, 0.29) is 27.7 Å². The van der Waals surface area contributed by atoms with Crippen LogP contribution in [0, 0.1) is 0 Å². The van der Waals surface area contributed by atoms with Gasteiger partial charge in [-0.3, -0.25) is 19.9 Å². The first-order valence-electron chi connectivity index (χ1n) is 6.83. The van der Waals surface area contributed by atoms with Gasteiger partial charge in [-0.1, -0.05) is 28.9 Å². The second kappa shape index (κ2) is 6.51. The number of nitrogens with two attached hydrogens (primary N) is 1. The summed E-state index contributed by atoms with van der Waals surface area (Å²) in [5.41, 5.74) is 6.42. The molecule has 0 aliphatic heterocycles. The van der Waals surface area contributed by atoms with Crippen molar-refractivity contribution in [2.24, 2.45) is 5.73 Å². The highest BCUT2D eigenvalue weighted by atomic mass is 35.5. The van der Waals surface area contributed by atoms with E-state index in [1.54, 1.807) is 36.4 Å². The number of rotatable bonds is 4. The molecule has 3 rings (SSSR count). The monoisotopic (exact) mass is 342 g/mol. The average Bonchev–Trinajstić information content (AvgIpc) is 2.99. The van der Waals surface area contributed by atoms with Crippen molar-refractivity contribution in [3.05, 3.63) is 64.9 Å². The van der Waals surface area contributed by atoms with E-state index in [1.807, 2.05) is 0 Å². The number of anilines is 1. The minimum atomic E-state index is -0.780.